The molecule has 1 aliphatic heterocycles. The van der Waals surface area contributed by atoms with Gasteiger partial charge in [-0.1, -0.05) is 0 Å². The average molecular weight is 429 g/mol. The number of aliphatic imine (C=N–C) groups is 1. The van der Waals surface area contributed by atoms with Crippen molar-refractivity contribution in [2.24, 2.45) is 4.99 Å². The zero-order valence-electron chi connectivity index (χ0n) is 13.4. The van der Waals surface area contributed by atoms with E-state index in [1.54, 1.807) is 0 Å². The highest BCUT2D eigenvalue weighted by Crippen LogP contribution is 2.07. The van der Waals surface area contributed by atoms with Gasteiger partial charge in [0.1, 0.15) is 0 Å². The Morgan fingerprint density at radius 3 is 2.86 bits per heavy atom. The number of nitrogens with one attached hydrogen (secondary N) is 2. The van der Waals surface area contributed by atoms with E-state index in [9.17, 15) is 4.79 Å². The van der Waals surface area contributed by atoms with Crippen molar-refractivity contribution in [2.75, 3.05) is 46.6 Å². The molecule has 7 nitrogen and oxygen atoms in total. The van der Waals surface area contributed by atoms with Crippen molar-refractivity contribution in [1.29, 1.82) is 0 Å². The van der Waals surface area contributed by atoms with Gasteiger partial charge in [0.25, 0.3) is 0 Å². The minimum absolute atomic E-state index is 0. The highest BCUT2D eigenvalue weighted by Gasteiger charge is 2.15. The van der Waals surface area contributed by atoms with Crippen LogP contribution in [0, 0.1) is 0 Å². The minimum atomic E-state index is -0.231. The third kappa shape index (κ3) is 10.2. The number of esters is 1. The van der Waals surface area contributed by atoms with Gasteiger partial charge in [-0.05, 0) is 19.8 Å². The quantitative estimate of drug-likeness (QED) is 0.187. The Labute approximate surface area is 149 Å². The first-order valence-electron chi connectivity index (χ1n) is 7.54. The molecule has 8 heteroatoms. The lowest BCUT2D eigenvalue weighted by Gasteiger charge is -2.11. The zero-order valence-corrected chi connectivity index (χ0v) is 15.8. The summed E-state index contributed by atoms with van der Waals surface area (Å²) in [6.07, 6.45) is 2.43. The smallest absolute Gasteiger partial charge is 0.307 e. The van der Waals surface area contributed by atoms with Crippen molar-refractivity contribution in [3.63, 3.8) is 0 Å². The minimum Gasteiger partial charge on any atom is -0.469 e. The number of carbonyl (C=O) groups is 1. The first-order chi connectivity index (χ1) is 10.3. The fourth-order valence-corrected chi connectivity index (χ4v) is 1.88. The van der Waals surface area contributed by atoms with Gasteiger partial charge in [0.15, 0.2) is 5.96 Å². The number of halogens is 1. The predicted octanol–water partition coefficient (Wildman–Crippen LogP) is 0.918. The molecule has 0 bridgehead atoms. The largest absolute Gasteiger partial charge is 0.469 e. The summed E-state index contributed by atoms with van der Waals surface area (Å²) < 4.78 is 15.5. The van der Waals surface area contributed by atoms with Crippen LogP contribution in [0.2, 0.25) is 0 Å². The fourth-order valence-electron chi connectivity index (χ4n) is 1.88. The predicted molar refractivity (Wildman–Crippen MR) is 95.8 cm³/mol. The molecule has 0 aromatic rings. The molecule has 0 aromatic heterocycles. The zero-order chi connectivity index (χ0) is 15.3. The van der Waals surface area contributed by atoms with Crippen LogP contribution < -0.4 is 10.6 Å². The highest BCUT2D eigenvalue weighted by molar-refractivity contribution is 14.0. The SMILES string of the molecule is CCNC(=NCCCOC1CCOC1)NCCC(=O)OC.I. The van der Waals surface area contributed by atoms with Crippen LogP contribution in [0.5, 0.6) is 0 Å². The van der Waals surface area contributed by atoms with Gasteiger partial charge >= 0.3 is 5.97 Å². The summed E-state index contributed by atoms with van der Waals surface area (Å²) in [6.45, 7) is 6.17. The third-order valence-electron chi connectivity index (χ3n) is 3.01. The van der Waals surface area contributed by atoms with Gasteiger partial charge in [0.2, 0.25) is 0 Å². The number of hydrogen-bond acceptors (Lipinski definition) is 5. The van der Waals surface area contributed by atoms with Gasteiger partial charge in [-0.15, -0.1) is 24.0 Å². The molecule has 0 amide bonds. The van der Waals surface area contributed by atoms with E-state index in [1.165, 1.54) is 7.11 Å². The van der Waals surface area contributed by atoms with E-state index in [4.69, 9.17) is 9.47 Å². The van der Waals surface area contributed by atoms with E-state index in [0.717, 1.165) is 26.0 Å². The number of nitrogens with zero attached hydrogens (tertiary/aromatic N) is 1. The molecule has 130 valence electrons. The molecule has 0 saturated carbocycles. The van der Waals surface area contributed by atoms with Crippen LogP contribution in [0.4, 0.5) is 0 Å². The molecule has 22 heavy (non-hydrogen) atoms. The Morgan fingerprint density at radius 2 is 2.23 bits per heavy atom. The van der Waals surface area contributed by atoms with Crippen LogP contribution in [0.3, 0.4) is 0 Å². The number of ether oxygens (including phenoxy) is 3. The molecule has 0 radical (unpaired) electrons. The summed E-state index contributed by atoms with van der Waals surface area (Å²) in [5.74, 6) is 0.483. The van der Waals surface area contributed by atoms with Crippen molar-refractivity contribution in [1.82, 2.24) is 10.6 Å². The Bertz CT molecular complexity index is 323. The molecule has 0 spiro atoms. The van der Waals surface area contributed by atoms with E-state index in [-0.39, 0.29) is 36.0 Å². The summed E-state index contributed by atoms with van der Waals surface area (Å²) in [5.41, 5.74) is 0. The second-order valence-electron chi connectivity index (χ2n) is 4.72. The maximum atomic E-state index is 11.0. The van der Waals surface area contributed by atoms with E-state index < -0.39 is 0 Å². The molecule has 1 saturated heterocycles. The summed E-state index contributed by atoms with van der Waals surface area (Å²) in [6, 6.07) is 0. The Hall–Kier alpha value is -0.610. The summed E-state index contributed by atoms with van der Waals surface area (Å²) in [5, 5.41) is 6.23. The van der Waals surface area contributed by atoms with Crippen molar-refractivity contribution < 1.29 is 19.0 Å². The molecule has 1 heterocycles. The number of rotatable bonds is 9. The number of methoxy groups -OCH3 is 1. The van der Waals surface area contributed by atoms with Crippen molar-refractivity contribution in [3.05, 3.63) is 0 Å². The average Bonchev–Trinajstić information content (AvgIpc) is 2.99. The molecule has 0 aliphatic carbocycles. The van der Waals surface area contributed by atoms with Crippen LogP contribution in [-0.2, 0) is 19.0 Å². The van der Waals surface area contributed by atoms with Gasteiger partial charge in [0.05, 0.1) is 26.2 Å². The summed E-state index contributed by atoms with van der Waals surface area (Å²) in [7, 11) is 1.39. The lowest BCUT2D eigenvalue weighted by atomic mass is 10.3. The Kier molecular flexibility index (Phi) is 13.6. The first-order valence-corrected chi connectivity index (χ1v) is 7.54. The Morgan fingerprint density at radius 1 is 1.41 bits per heavy atom. The molecule has 1 atom stereocenters. The number of carbonyl (C=O) groups excluding carboxylic acids is 1. The summed E-state index contributed by atoms with van der Waals surface area (Å²) >= 11 is 0. The van der Waals surface area contributed by atoms with Gasteiger partial charge in [-0.2, -0.15) is 0 Å². The maximum absolute atomic E-state index is 11.0. The van der Waals surface area contributed by atoms with Crippen molar-refractivity contribution in [3.8, 4) is 0 Å². The molecule has 2 N–H and O–H groups in total. The number of guanidine groups is 1. The van der Waals surface area contributed by atoms with E-state index in [2.05, 4.69) is 20.4 Å². The molecular weight excluding hydrogens is 401 g/mol. The molecule has 1 rings (SSSR count). The third-order valence-corrected chi connectivity index (χ3v) is 3.01. The maximum Gasteiger partial charge on any atom is 0.307 e. The van der Waals surface area contributed by atoms with Gasteiger partial charge in [-0.3, -0.25) is 9.79 Å². The second kappa shape index (κ2) is 14.0. The standard InChI is InChI=1S/C14H27N3O4.HI/c1-3-15-14(17-8-5-13(18)19-2)16-7-4-9-21-12-6-10-20-11-12;/h12H,3-11H2,1-2H3,(H2,15,16,17);1H. The highest BCUT2D eigenvalue weighted by atomic mass is 127. The van der Waals surface area contributed by atoms with Crippen LogP contribution >= 0.6 is 24.0 Å². The van der Waals surface area contributed by atoms with E-state index in [0.29, 0.717) is 38.7 Å². The van der Waals surface area contributed by atoms with E-state index >= 15 is 0 Å². The van der Waals surface area contributed by atoms with Crippen LogP contribution in [-0.4, -0.2) is 64.6 Å². The lowest BCUT2D eigenvalue weighted by molar-refractivity contribution is -0.140. The lowest BCUT2D eigenvalue weighted by Crippen LogP contribution is -2.38. The number of hydrogen-bond donors (Lipinski definition) is 2. The molecule has 1 unspecified atom stereocenters. The Balaban J connectivity index is 0.00000441. The first kappa shape index (κ1) is 21.4. The molecule has 0 aromatic carbocycles. The van der Waals surface area contributed by atoms with Crippen LogP contribution in [0.1, 0.15) is 26.2 Å². The normalized spacial score (nSPS) is 17.7. The van der Waals surface area contributed by atoms with Crippen LogP contribution in [0.25, 0.3) is 0 Å². The van der Waals surface area contributed by atoms with Crippen LogP contribution in [0.15, 0.2) is 4.99 Å². The van der Waals surface area contributed by atoms with Crippen molar-refractivity contribution >= 4 is 35.9 Å². The van der Waals surface area contributed by atoms with Crippen molar-refractivity contribution in [2.45, 2.75) is 32.3 Å². The van der Waals surface area contributed by atoms with Gasteiger partial charge in [0, 0.05) is 32.8 Å². The molecule has 1 fully saturated rings. The molecular formula is C14H28IN3O4. The van der Waals surface area contributed by atoms with Gasteiger partial charge in [-0.25, -0.2) is 0 Å². The second-order valence-corrected chi connectivity index (χ2v) is 4.72. The fraction of sp³-hybridized carbons (Fsp3) is 0.857. The summed E-state index contributed by atoms with van der Waals surface area (Å²) in [4.78, 5) is 15.5. The molecule has 1 aliphatic rings. The topological polar surface area (TPSA) is 81.2 Å². The monoisotopic (exact) mass is 429 g/mol. The van der Waals surface area contributed by atoms with Gasteiger partial charge < -0.3 is 24.8 Å². The van der Waals surface area contributed by atoms with E-state index in [1.807, 2.05) is 6.92 Å².